The number of rotatable bonds is 7. The van der Waals surface area contributed by atoms with Crippen molar-refractivity contribution < 1.29 is 28.8 Å². The van der Waals surface area contributed by atoms with Crippen molar-refractivity contribution in [3.05, 3.63) is 22.3 Å². The highest BCUT2D eigenvalue weighted by Gasteiger charge is 2.55. The number of aromatic nitrogens is 1. The molecular formula is C20H27N6O5S2+. The highest BCUT2D eigenvalue weighted by molar-refractivity contribution is 8.00. The quantitative estimate of drug-likeness (QED) is 0.214. The van der Waals surface area contributed by atoms with Crippen LogP contribution in [-0.2, 0) is 19.2 Å². The summed E-state index contributed by atoms with van der Waals surface area (Å²) in [6, 6.07) is -0.431. The molecule has 3 aliphatic heterocycles. The second-order valence-corrected chi connectivity index (χ2v) is 10.7. The van der Waals surface area contributed by atoms with Gasteiger partial charge < -0.3 is 25.5 Å². The average molecular weight is 496 g/mol. The smallest absolute Gasteiger partial charge is 0.352 e. The van der Waals surface area contributed by atoms with Gasteiger partial charge >= 0.3 is 5.97 Å². The molecule has 2 fully saturated rings. The molecule has 3 unspecified atom stereocenters. The summed E-state index contributed by atoms with van der Waals surface area (Å²) < 4.78 is 0.771. The lowest BCUT2D eigenvalue weighted by atomic mass is 10.0. The Morgan fingerprint density at radius 1 is 1.48 bits per heavy atom. The molecule has 33 heavy (non-hydrogen) atoms. The van der Waals surface area contributed by atoms with Crippen molar-refractivity contribution in [3.63, 3.8) is 0 Å². The van der Waals surface area contributed by atoms with E-state index >= 15 is 0 Å². The number of likely N-dealkylation sites (tertiary alicyclic amines) is 1. The van der Waals surface area contributed by atoms with E-state index in [1.165, 1.54) is 23.8 Å². The van der Waals surface area contributed by atoms with Crippen molar-refractivity contribution in [1.29, 1.82) is 0 Å². The van der Waals surface area contributed by atoms with Crippen molar-refractivity contribution in [2.45, 2.75) is 37.2 Å². The minimum absolute atomic E-state index is 0.0470. The molecule has 0 radical (unpaired) electrons. The molecule has 0 saturated carbocycles. The third-order valence-corrected chi connectivity index (χ3v) is 8.62. The first-order chi connectivity index (χ1) is 15.7. The van der Waals surface area contributed by atoms with Crippen LogP contribution in [0.5, 0.6) is 0 Å². The standard InChI is InChI=1S/C20H26N6O5S2/c1-10-5-4-6-26(10,2)7-11-8-32-18-14(17(28)25(18)15(11)19(29)30)23-16(27)13(24-31-3)12-9-33-20(21)22-12/h9-10,14,18H,4-8H2,1-3H3,(H3-,21,22,23,27,29,30)/p+1/t10?,14?,18-,26?/m0/s1. The molecule has 0 aromatic carbocycles. The number of nitrogens with two attached hydrogens (primary N) is 1. The zero-order valence-electron chi connectivity index (χ0n) is 18.6. The summed E-state index contributed by atoms with van der Waals surface area (Å²) in [5, 5.41) is 17.7. The topological polar surface area (TPSA) is 147 Å². The SMILES string of the molecule is CON=C(C(=O)NC1C(=O)N2C(C(=O)O)=C(C[N+]3(C)CCCC3C)CS[C@@H]12)c1csc(N)n1. The maximum absolute atomic E-state index is 13.0. The van der Waals surface area contributed by atoms with E-state index in [4.69, 9.17) is 10.6 Å². The number of nitrogens with zero attached hydrogens (tertiary/aromatic N) is 4. The second-order valence-electron chi connectivity index (χ2n) is 8.66. The predicted molar refractivity (Wildman–Crippen MR) is 124 cm³/mol. The zero-order chi connectivity index (χ0) is 23.9. The van der Waals surface area contributed by atoms with E-state index in [0.717, 1.165) is 40.8 Å². The van der Waals surface area contributed by atoms with Crippen LogP contribution >= 0.6 is 23.1 Å². The number of oxime groups is 1. The largest absolute Gasteiger partial charge is 0.477 e. The fourth-order valence-corrected chi connectivity index (χ4v) is 6.54. The number of carbonyl (C=O) groups excluding carboxylic acids is 2. The number of quaternary nitrogens is 1. The molecule has 0 bridgehead atoms. The summed E-state index contributed by atoms with van der Waals surface area (Å²) in [6.07, 6.45) is 2.21. The first kappa shape index (κ1) is 23.5. The number of thioether (sulfide) groups is 1. The summed E-state index contributed by atoms with van der Waals surface area (Å²) in [4.78, 5) is 48.1. The number of hydrogen-bond donors (Lipinski definition) is 3. The number of nitrogen functional groups attached to an aromatic ring is 1. The molecule has 1 aromatic heterocycles. The first-order valence-electron chi connectivity index (χ1n) is 10.5. The lowest BCUT2D eigenvalue weighted by Gasteiger charge is -2.50. The van der Waals surface area contributed by atoms with E-state index in [1.807, 2.05) is 0 Å². The van der Waals surface area contributed by atoms with Crippen LogP contribution in [0, 0.1) is 0 Å². The summed E-state index contributed by atoms with van der Waals surface area (Å²) in [7, 11) is 3.44. The Bertz CT molecular complexity index is 1060. The molecular weight excluding hydrogens is 468 g/mol. The molecule has 4 N–H and O–H groups in total. The van der Waals surface area contributed by atoms with Gasteiger partial charge in [0.15, 0.2) is 10.8 Å². The molecule has 178 valence electrons. The van der Waals surface area contributed by atoms with Gasteiger partial charge in [0, 0.05) is 29.5 Å². The minimum Gasteiger partial charge on any atom is -0.477 e. The number of anilines is 1. The first-order valence-corrected chi connectivity index (χ1v) is 12.5. The number of aliphatic carboxylic acids is 1. The van der Waals surface area contributed by atoms with Crippen molar-refractivity contribution in [1.82, 2.24) is 15.2 Å². The van der Waals surface area contributed by atoms with E-state index in [1.54, 1.807) is 5.38 Å². The number of carbonyl (C=O) groups is 3. The Kier molecular flexibility index (Phi) is 6.38. The van der Waals surface area contributed by atoms with Gasteiger partial charge in [-0.05, 0) is 6.92 Å². The number of hydrogen-bond acceptors (Lipinski definition) is 9. The Labute approximate surface area is 199 Å². The fraction of sp³-hybridized carbons (Fsp3) is 0.550. The Hall–Kier alpha value is -2.64. The number of nitrogens with one attached hydrogen (secondary N) is 1. The molecule has 13 heteroatoms. The lowest BCUT2D eigenvalue weighted by Crippen LogP contribution is -2.71. The molecule has 4 heterocycles. The van der Waals surface area contributed by atoms with E-state index in [9.17, 15) is 19.5 Å². The number of β-lactam (4-membered cyclic amide) rings is 1. The van der Waals surface area contributed by atoms with Gasteiger partial charge in [0.05, 0.1) is 19.6 Å². The van der Waals surface area contributed by atoms with Crippen LogP contribution in [0.25, 0.3) is 0 Å². The summed E-state index contributed by atoms with van der Waals surface area (Å²) in [5.41, 5.74) is 6.59. The summed E-state index contributed by atoms with van der Waals surface area (Å²) >= 11 is 2.61. The van der Waals surface area contributed by atoms with Crippen molar-refractivity contribution >= 4 is 51.7 Å². The van der Waals surface area contributed by atoms with E-state index in [0.29, 0.717) is 18.3 Å². The highest BCUT2D eigenvalue weighted by atomic mass is 32.2. The van der Waals surface area contributed by atoms with Crippen LogP contribution in [0.3, 0.4) is 0 Å². The maximum Gasteiger partial charge on any atom is 0.352 e. The number of thiazole rings is 1. The number of fused-ring (bicyclic) bond motifs is 1. The lowest BCUT2D eigenvalue weighted by molar-refractivity contribution is -0.914. The third kappa shape index (κ3) is 4.20. The van der Waals surface area contributed by atoms with Gasteiger partial charge in [-0.25, -0.2) is 9.78 Å². The van der Waals surface area contributed by atoms with Gasteiger partial charge in [0.1, 0.15) is 36.5 Å². The molecule has 3 aliphatic rings. The van der Waals surface area contributed by atoms with Crippen LogP contribution in [0.1, 0.15) is 25.5 Å². The Morgan fingerprint density at radius 2 is 2.24 bits per heavy atom. The predicted octanol–water partition coefficient (Wildman–Crippen LogP) is 0.443. The second kappa shape index (κ2) is 8.95. The van der Waals surface area contributed by atoms with Crippen molar-refractivity contribution in [3.8, 4) is 0 Å². The van der Waals surface area contributed by atoms with Gasteiger partial charge in [-0.2, -0.15) is 0 Å². The van der Waals surface area contributed by atoms with Crippen LogP contribution in [0.15, 0.2) is 21.8 Å². The highest BCUT2D eigenvalue weighted by Crippen LogP contribution is 2.41. The fourth-order valence-electron chi connectivity index (χ4n) is 4.66. The van der Waals surface area contributed by atoms with E-state index in [2.05, 4.69) is 29.4 Å². The molecule has 11 nitrogen and oxygen atoms in total. The molecule has 1 aromatic rings. The summed E-state index contributed by atoms with van der Waals surface area (Å²) in [5.74, 6) is -1.73. The van der Waals surface area contributed by atoms with Crippen molar-refractivity contribution in [2.24, 2.45) is 5.16 Å². The van der Waals surface area contributed by atoms with Gasteiger partial charge in [0.25, 0.3) is 11.8 Å². The van der Waals surface area contributed by atoms with Crippen LogP contribution in [0.4, 0.5) is 5.13 Å². The Balaban J connectivity index is 1.53. The molecule has 4 atom stereocenters. The van der Waals surface area contributed by atoms with Crippen molar-refractivity contribution in [2.75, 3.05) is 38.7 Å². The van der Waals surface area contributed by atoms with E-state index in [-0.39, 0.29) is 22.2 Å². The number of carboxylic acid groups (broad SMARTS) is 1. The van der Waals surface area contributed by atoms with Crippen LogP contribution < -0.4 is 11.1 Å². The van der Waals surface area contributed by atoms with Gasteiger partial charge in [-0.1, -0.05) is 5.16 Å². The molecule has 4 rings (SSSR count). The van der Waals surface area contributed by atoms with Gasteiger partial charge in [-0.3, -0.25) is 14.5 Å². The monoisotopic (exact) mass is 495 g/mol. The van der Waals surface area contributed by atoms with Gasteiger partial charge in [0.2, 0.25) is 0 Å². The van der Waals surface area contributed by atoms with Crippen LogP contribution in [-0.4, -0.2) is 93.4 Å². The molecule has 2 saturated heterocycles. The molecule has 2 amide bonds. The number of carboxylic acids is 1. The summed E-state index contributed by atoms with van der Waals surface area (Å²) in [6.45, 7) is 3.77. The molecule has 0 spiro atoms. The van der Waals surface area contributed by atoms with Crippen LogP contribution in [0.2, 0.25) is 0 Å². The van der Waals surface area contributed by atoms with Gasteiger partial charge in [-0.15, -0.1) is 23.1 Å². The Morgan fingerprint density at radius 3 is 2.82 bits per heavy atom. The van der Waals surface area contributed by atoms with E-state index < -0.39 is 29.2 Å². The number of amides is 2. The molecule has 0 aliphatic carbocycles. The maximum atomic E-state index is 13.0. The normalized spacial score (nSPS) is 29.5. The minimum atomic E-state index is -1.12. The zero-order valence-corrected chi connectivity index (χ0v) is 20.2. The number of likely N-dealkylation sites (N-methyl/N-ethyl adjacent to an activating group) is 1. The third-order valence-electron chi connectivity index (χ3n) is 6.61. The average Bonchev–Trinajstić information content (AvgIpc) is 3.34.